The van der Waals surface area contributed by atoms with Crippen LogP contribution in [0, 0.1) is 0 Å². The second-order valence-electron chi connectivity index (χ2n) is 3.64. The van der Waals surface area contributed by atoms with Crippen LogP contribution in [0.5, 0.6) is 0 Å². The lowest BCUT2D eigenvalue weighted by atomic mass is 10.1. The van der Waals surface area contributed by atoms with Crippen molar-refractivity contribution in [2.75, 3.05) is 19.1 Å². The molecule has 104 valence electrons. The Morgan fingerprint density at radius 1 is 1.33 bits per heavy atom. The molecule has 0 radical (unpaired) electrons. The van der Waals surface area contributed by atoms with Gasteiger partial charge in [0, 0.05) is 12.7 Å². The molecule has 0 fully saturated rings. The van der Waals surface area contributed by atoms with Crippen molar-refractivity contribution in [1.82, 2.24) is 5.32 Å². The molecule has 0 aromatic carbocycles. The Bertz CT molecular complexity index is 428. The number of carboxylic acid groups (broad SMARTS) is 1. The van der Waals surface area contributed by atoms with Crippen molar-refractivity contribution in [3.63, 3.8) is 0 Å². The van der Waals surface area contributed by atoms with Crippen molar-refractivity contribution in [3.8, 4) is 0 Å². The predicted octanol–water partition coefficient (Wildman–Crippen LogP) is -1.45. The maximum atomic E-state index is 11.2. The van der Waals surface area contributed by atoms with E-state index in [0.717, 1.165) is 13.4 Å². The molecule has 0 aliphatic carbocycles. The fourth-order valence-corrected chi connectivity index (χ4v) is 1.66. The standard InChI is InChI=1S/C9H15NO7S/c1-17-8(12)4-3-6(9(13)14)10-7(11)5-18(2,15)16/h6H,3-5H2,1-2H3,(H,10,11)(H,13,14)/t6-/m0/s1. The van der Waals surface area contributed by atoms with Crippen LogP contribution in [0.1, 0.15) is 12.8 Å². The third kappa shape index (κ3) is 7.60. The van der Waals surface area contributed by atoms with Crippen LogP contribution >= 0.6 is 0 Å². The molecule has 1 amide bonds. The third-order valence-corrected chi connectivity index (χ3v) is 2.68. The van der Waals surface area contributed by atoms with E-state index in [1.165, 1.54) is 0 Å². The van der Waals surface area contributed by atoms with Crippen LogP contribution < -0.4 is 5.32 Å². The number of amides is 1. The second-order valence-corrected chi connectivity index (χ2v) is 5.78. The summed E-state index contributed by atoms with van der Waals surface area (Å²) in [4.78, 5) is 32.8. The van der Waals surface area contributed by atoms with Crippen LogP contribution in [-0.4, -0.2) is 56.5 Å². The van der Waals surface area contributed by atoms with E-state index >= 15 is 0 Å². The number of methoxy groups -OCH3 is 1. The Morgan fingerprint density at radius 2 is 1.89 bits per heavy atom. The number of hydrogen-bond donors (Lipinski definition) is 2. The van der Waals surface area contributed by atoms with Gasteiger partial charge >= 0.3 is 11.9 Å². The second kappa shape index (κ2) is 6.94. The molecule has 2 N–H and O–H groups in total. The smallest absolute Gasteiger partial charge is 0.326 e. The number of carbonyl (C=O) groups excluding carboxylic acids is 2. The molecule has 0 unspecified atom stereocenters. The van der Waals surface area contributed by atoms with Gasteiger partial charge in [-0.2, -0.15) is 0 Å². The van der Waals surface area contributed by atoms with E-state index in [4.69, 9.17) is 5.11 Å². The van der Waals surface area contributed by atoms with E-state index < -0.39 is 39.5 Å². The van der Waals surface area contributed by atoms with Crippen LogP contribution in [0.3, 0.4) is 0 Å². The lowest BCUT2D eigenvalue weighted by molar-refractivity contribution is -0.143. The molecule has 0 rings (SSSR count). The Kier molecular flexibility index (Phi) is 6.31. The predicted molar refractivity (Wildman–Crippen MR) is 60.5 cm³/mol. The summed E-state index contributed by atoms with van der Waals surface area (Å²) in [7, 11) is -2.37. The molecule has 9 heteroatoms. The summed E-state index contributed by atoms with van der Waals surface area (Å²) >= 11 is 0. The van der Waals surface area contributed by atoms with E-state index in [1.807, 2.05) is 5.32 Å². The number of sulfone groups is 1. The number of rotatable bonds is 7. The fraction of sp³-hybridized carbons (Fsp3) is 0.667. The van der Waals surface area contributed by atoms with Crippen LogP contribution in [-0.2, 0) is 29.0 Å². The topological polar surface area (TPSA) is 127 Å². The highest BCUT2D eigenvalue weighted by molar-refractivity contribution is 7.91. The largest absolute Gasteiger partial charge is 0.480 e. The maximum Gasteiger partial charge on any atom is 0.326 e. The van der Waals surface area contributed by atoms with Gasteiger partial charge in [0.1, 0.15) is 11.8 Å². The minimum atomic E-state index is -3.53. The highest BCUT2D eigenvalue weighted by Crippen LogP contribution is 2.00. The summed E-state index contributed by atoms with van der Waals surface area (Å²) in [6, 6.07) is -1.32. The van der Waals surface area contributed by atoms with Crippen molar-refractivity contribution in [1.29, 1.82) is 0 Å². The Labute approximate surface area is 104 Å². The molecule has 0 bridgehead atoms. The molecule has 0 aromatic rings. The summed E-state index contributed by atoms with van der Waals surface area (Å²) in [5.74, 6) is -3.68. The number of hydrogen-bond acceptors (Lipinski definition) is 6. The Balaban J connectivity index is 4.41. The van der Waals surface area contributed by atoms with E-state index in [0.29, 0.717) is 0 Å². The summed E-state index contributed by atoms with van der Waals surface area (Å²) in [5, 5.41) is 10.8. The molecule has 0 saturated carbocycles. The molecule has 18 heavy (non-hydrogen) atoms. The van der Waals surface area contributed by atoms with Gasteiger partial charge in [0.2, 0.25) is 5.91 Å². The molecule has 0 aliphatic rings. The number of carboxylic acids is 1. The zero-order valence-corrected chi connectivity index (χ0v) is 10.8. The van der Waals surface area contributed by atoms with Gasteiger partial charge in [-0.15, -0.1) is 0 Å². The van der Waals surface area contributed by atoms with Crippen LogP contribution in [0.4, 0.5) is 0 Å². The van der Waals surface area contributed by atoms with Gasteiger partial charge < -0.3 is 15.2 Å². The zero-order valence-electron chi connectivity index (χ0n) is 10.0. The third-order valence-electron chi connectivity index (χ3n) is 1.89. The van der Waals surface area contributed by atoms with Crippen molar-refractivity contribution < 1.29 is 32.6 Å². The lowest BCUT2D eigenvalue weighted by Gasteiger charge is -2.13. The molecule has 0 aliphatic heterocycles. The molecule has 0 heterocycles. The maximum absolute atomic E-state index is 11.2. The molecular formula is C9H15NO7S. The lowest BCUT2D eigenvalue weighted by Crippen LogP contribution is -2.43. The van der Waals surface area contributed by atoms with Crippen LogP contribution in [0.2, 0.25) is 0 Å². The molecular weight excluding hydrogens is 266 g/mol. The number of aliphatic carboxylic acids is 1. The minimum absolute atomic E-state index is 0.169. The minimum Gasteiger partial charge on any atom is -0.480 e. The summed E-state index contributed by atoms with van der Waals surface area (Å²) < 4.78 is 26.0. The Morgan fingerprint density at radius 3 is 2.28 bits per heavy atom. The van der Waals surface area contributed by atoms with E-state index in [2.05, 4.69) is 4.74 Å². The number of nitrogens with one attached hydrogen (secondary N) is 1. The number of esters is 1. The van der Waals surface area contributed by atoms with Gasteiger partial charge in [-0.05, 0) is 6.42 Å². The van der Waals surface area contributed by atoms with Crippen molar-refractivity contribution in [3.05, 3.63) is 0 Å². The highest BCUT2D eigenvalue weighted by Gasteiger charge is 2.22. The van der Waals surface area contributed by atoms with Crippen LogP contribution in [0.25, 0.3) is 0 Å². The first kappa shape index (κ1) is 16.4. The average molecular weight is 281 g/mol. The van der Waals surface area contributed by atoms with Gasteiger partial charge in [0.25, 0.3) is 0 Å². The summed E-state index contributed by atoms with van der Waals surface area (Å²) in [6.45, 7) is 0. The van der Waals surface area contributed by atoms with Gasteiger partial charge in [-0.1, -0.05) is 0 Å². The summed E-state index contributed by atoms with van der Waals surface area (Å²) in [6.07, 6.45) is 0.501. The van der Waals surface area contributed by atoms with Gasteiger partial charge in [0.15, 0.2) is 9.84 Å². The van der Waals surface area contributed by atoms with Crippen molar-refractivity contribution in [2.45, 2.75) is 18.9 Å². The van der Waals surface area contributed by atoms with Crippen molar-refractivity contribution in [2.24, 2.45) is 0 Å². The van der Waals surface area contributed by atoms with E-state index in [1.54, 1.807) is 0 Å². The number of carbonyl (C=O) groups is 3. The van der Waals surface area contributed by atoms with Gasteiger partial charge in [-0.3, -0.25) is 9.59 Å². The first-order valence-corrected chi connectivity index (χ1v) is 6.98. The normalized spacial score (nSPS) is 12.6. The van der Waals surface area contributed by atoms with E-state index in [9.17, 15) is 22.8 Å². The molecule has 0 aromatic heterocycles. The summed E-state index contributed by atoms with van der Waals surface area (Å²) in [5.41, 5.74) is 0. The monoisotopic (exact) mass is 281 g/mol. The zero-order chi connectivity index (χ0) is 14.3. The molecule has 1 atom stereocenters. The first-order valence-electron chi connectivity index (χ1n) is 4.92. The SMILES string of the molecule is COC(=O)CC[C@H](NC(=O)CS(C)(=O)=O)C(=O)O. The number of ether oxygens (including phenoxy) is 1. The van der Waals surface area contributed by atoms with Gasteiger partial charge in [0.05, 0.1) is 7.11 Å². The van der Waals surface area contributed by atoms with Crippen LogP contribution in [0.15, 0.2) is 0 Å². The van der Waals surface area contributed by atoms with E-state index in [-0.39, 0.29) is 12.8 Å². The first-order chi connectivity index (χ1) is 8.15. The highest BCUT2D eigenvalue weighted by atomic mass is 32.2. The molecule has 0 spiro atoms. The van der Waals surface area contributed by atoms with Crippen molar-refractivity contribution >= 4 is 27.7 Å². The average Bonchev–Trinajstić information content (AvgIpc) is 2.20. The molecule has 8 nitrogen and oxygen atoms in total. The van der Waals surface area contributed by atoms with Gasteiger partial charge in [-0.25, -0.2) is 13.2 Å². The quantitative estimate of drug-likeness (QED) is 0.547. The molecule has 0 saturated heterocycles. The fourth-order valence-electron chi connectivity index (χ4n) is 1.10. The Hall–Kier alpha value is -1.64.